The van der Waals surface area contributed by atoms with E-state index in [1.165, 1.54) is 23.7 Å². The van der Waals surface area contributed by atoms with Gasteiger partial charge in [-0.3, -0.25) is 4.79 Å². The molecule has 0 heterocycles. The number of benzene rings is 2. The van der Waals surface area contributed by atoms with Crippen LogP contribution in [0, 0.1) is 20.8 Å². The zero-order valence-corrected chi connectivity index (χ0v) is 17.4. The van der Waals surface area contributed by atoms with Crippen LogP contribution in [-0.4, -0.2) is 21.4 Å². The molecule has 0 fully saturated rings. The maximum atomic E-state index is 12.3. The van der Waals surface area contributed by atoms with E-state index < -0.39 is 10.0 Å². The molecule has 0 aliphatic rings. The smallest absolute Gasteiger partial charge is 0.240 e. The predicted octanol–water partition coefficient (Wildman–Crippen LogP) is 3.33. The van der Waals surface area contributed by atoms with Crippen molar-refractivity contribution in [2.24, 2.45) is 0 Å². The van der Waals surface area contributed by atoms with Gasteiger partial charge in [0.05, 0.1) is 10.9 Å². The highest BCUT2D eigenvalue weighted by Crippen LogP contribution is 2.22. The summed E-state index contributed by atoms with van der Waals surface area (Å²) in [5.41, 5.74) is 5.70. The molecule has 0 saturated carbocycles. The molecule has 0 spiro atoms. The molecule has 2 N–H and O–H groups in total. The molecule has 0 radical (unpaired) electrons. The van der Waals surface area contributed by atoms with Crippen molar-refractivity contribution in [3.8, 4) is 0 Å². The predicted molar refractivity (Wildman–Crippen MR) is 108 cm³/mol. The summed E-state index contributed by atoms with van der Waals surface area (Å²) in [5.74, 6) is -0.0212. The molecule has 1 amide bonds. The van der Waals surface area contributed by atoms with E-state index in [0.717, 1.165) is 11.1 Å². The van der Waals surface area contributed by atoms with E-state index in [-0.39, 0.29) is 16.8 Å². The normalized spacial score (nSPS) is 12.6. The zero-order chi connectivity index (χ0) is 20.2. The van der Waals surface area contributed by atoms with Crippen molar-refractivity contribution in [2.75, 3.05) is 7.05 Å². The maximum Gasteiger partial charge on any atom is 0.240 e. The fraction of sp³-hybridized carbons (Fsp3) is 0.381. The third-order valence-electron chi connectivity index (χ3n) is 4.87. The van der Waals surface area contributed by atoms with E-state index in [0.29, 0.717) is 12.8 Å². The van der Waals surface area contributed by atoms with Crippen LogP contribution in [-0.2, 0) is 21.2 Å². The van der Waals surface area contributed by atoms with Crippen LogP contribution in [0.15, 0.2) is 41.3 Å². The van der Waals surface area contributed by atoms with Crippen LogP contribution in [0.1, 0.15) is 47.2 Å². The number of hydrogen-bond acceptors (Lipinski definition) is 3. The van der Waals surface area contributed by atoms with Crippen LogP contribution in [0.4, 0.5) is 0 Å². The van der Waals surface area contributed by atoms with Crippen molar-refractivity contribution >= 4 is 15.9 Å². The molecule has 2 rings (SSSR count). The van der Waals surface area contributed by atoms with Gasteiger partial charge in [-0.1, -0.05) is 24.3 Å². The molecule has 0 aliphatic heterocycles. The van der Waals surface area contributed by atoms with Crippen LogP contribution in [0.25, 0.3) is 0 Å². The van der Waals surface area contributed by atoms with E-state index in [9.17, 15) is 13.2 Å². The standard InChI is InChI=1S/C21H28N2O3S/c1-14-12-16(3)20(13-15(14)2)17(4)23-21(24)11-8-18-6-9-19(10-7-18)27(25,26)22-5/h6-7,9-10,12-13,17,22H,8,11H2,1-5H3,(H,23,24). The van der Waals surface area contributed by atoms with Crippen molar-refractivity contribution in [1.29, 1.82) is 0 Å². The minimum absolute atomic E-state index is 0.0212. The molecule has 5 nitrogen and oxygen atoms in total. The molecule has 1 atom stereocenters. The Balaban J connectivity index is 1.95. The van der Waals surface area contributed by atoms with Gasteiger partial charge in [-0.05, 0) is 81.1 Å². The molecule has 2 aromatic carbocycles. The van der Waals surface area contributed by atoms with Gasteiger partial charge in [0.1, 0.15) is 0 Å². The first kappa shape index (κ1) is 21.1. The highest BCUT2D eigenvalue weighted by atomic mass is 32.2. The van der Waals surface area contributed by atoms with Crippen LogP contribution in [0.5, 0.6) is 0 Å². The zero-order valence-electron chi connectivity index (χ0n) is 16.6. The van der Waals surface area contributed by atoms with E-state index in [1.807, 2.05) is 6.92 Å². The third kappa shape index (κ3) is 5.40. The van der Waals surface area contributed by atoms with Gasteiger partial charge in [-0.2, -0.15) is 0 Å². The van der Waals surface area contributed by atoms with Crippen molar-refractivity contribution < 1.29 is 13.2 Å². The molecule has 0 bridgehead atoms. The lowest BCUT2D eigenvalue weighted by Crippen LogP contribution is -2.27. The number of carbonyl (C=O) groups is 1. The summed E-state index contributed by atoms with van der Waals surface area (Å²) in [4.78, 5) is 12.5. The average molecular weight is 389 g/mol. The number of sulfonamides is 1. The van der Waals surface area contributed by atoms with Gasteiger partial charge in [0.15, 0.2) is 0 Å². The molecular formula is C21H28N2O3S. The van der Waals surface area contributed by atoms with Gasteiger partial charge >= 0.3 is 0 Å². The SMILES string of the molecule is CNS(=O)(=O)c1ccc(CCC(=O)NC(C)c2cc(C)c(C)cc2C)cc1. The number of nitrogens with one attached hydrogen (secondary N) is 2. The summed E-state index contributed by atoms with van der Waals surface area (Å²) in [6, 6.07) is 10.8. The molecule has 146 valence electrons. The summed E-state index contributed by atoms with van der Waals surface area (Å²) in [5, 5.41) is 3.05. The lowest BCUT2D eigenvalue weighted by atomic mass is 9.96. The highest BCUT2D eigenvalue weighted by molar-refractivity contribution is 7.89. The molecule has 27 heavy (non-hydrogen) atoms. The number of amides is 1. The van der Waals surface area contributed by atoms with Crippen molar-refractivity contribution in [1.82, 2.24) is 10.0 Å². The third-order valence-corrected chi connectivity index (χ3v) is 6.30. The first-order valence-electron chi connectivity index (χ1n) is 9.03. The van der Waals surface area contributed by atoms with Crippen molar-refractivity contribution in [3.63, 3.8) is 0 Å². The van der Waals surface area contributed by atoms with Crippen LogP contribution < -0.4 is 10.0 Å². The van der Waals surface area contributed by atoms with Gasteiger partial charge in [0, 0.05) is 6.42 Å². The van der Waals surface area contributed by atoms with Gasteiger partial charge in [-0.15, -0.1) is 0 Å². The number of hydrogen-bond donors (Lipinski definition) is 2. The lowest BCUT2D eigenvalue weighted by molar-refractivity contribution is -0.121. The molecular weight excluding hydrogens is 360 g/mol. The Morgan fingerprint density at radius 1 is 1.00 bits per heavy atom. The Labute approximate surface area is 162 Å². The lowest BCUT2D eigenvalue weighted by Gasteiger charge is -2.18. The van der Waals surface area contributed by atoms with Crippen LogP contribution in [0.2, 0.25) is 0 Å². The summed E-state index contributed by atoms with van der Waals surface area (Å²) in [6.07, 6.45) is 0.913. The quantitative estimate of drug-likeness (QED) is 0.764. The molecule has 1 unspecified atom stereocenters. The van der Waals surface area contributed by atoms with E-state index in [1.54, 1.807) is 24.3 Å². The second-order valence-corrected chi connectivity index (χ2v) is 8.82. The number of rotatable bonds is 7. The van der Waals surface area contributed by atoms with Crippen LogP contribution in [0.3, 0.4) is 0 Å². The Morgan fingerprint density at radius 3 is 2.19 bits per heavy atom. The minimum atomic E-state index is -3.43. The first-order valence-corrected chi connectivity index (χ1v) is 10.5. The topological polar surface area (TPSA) is 75.3 Å². The van der Waals surface area contributed by atoms with E-state index in [4.69, 9.17) is 0 Å². The van der Waals surface area contributed by atoms with Crippen LogP contribution >= 0.6 is 0 Å². The van der Waals surface area contributed by atoms with Gasteiger partial charge in [0.25, 0.3) is 0 Å². The maximum absolute atomic E-state index is 12.3. The Bertz CT molecular complexity index is 919. The van der Waals surface area contributed by atoms with Gasteiger partial charge < -0.3 is 5.32 Å². The second kappa shape index (κ2) is 8.67. The molecule has 0 aliphatic carbocycles. The first-order chi connectivity index (χ1) is 12.6. The summed E-state index contributed by atoms with van der Waals surface area (Å²) >= 11 is 0. The molecule has 0 saturated heterocycles. The number of aryl methyl sites for hydroxylation is 4. The van der Waals surface area contributed by atoms with E-state index >= 15 is 0 Å². The average Bonchev–Trinajstić information content (AvgIpc) is 2.63. The van der Waals surface area contributed by atoms with Crippen molar-refractivity contribution in [3.05, 3.63) is 64.2 Å². The molecule has 2 aromatic rings. The minimum Gasteiger partial charge on any atom is -0.350 e. The van der Waals surface area contributed by atoms with Gasteiger partial charge in [-0.25, -0.2) is 13.1 Å². The summed E-state index contributed by atoms with van der Waals surface area (Å²) < 4.78 is 25.7. The fourth-order valence-corrected chi connectivity index (χ4v) is 3.78. The highest BCUT2D eigenvalue weighted by Gasteiger charge is 2.14. The van der Waals surface area contributed by atoms with Gasteiger partial charge in [0.2, 0.25) is 15.9 Å². The number of carbonyl (C=O) groups excluding carboxylic acids is 1. The summed E-state index contributed by atoms with van der Waals surface area (Å²) in [7, 11) is -2.05. The van der Waals surface area contributed by atoms with Crippen molar-refractivity contribution in [2.45, 2.75) is 51.5 Å². The van der Waals surface area contributed by atoms with E-state index in [2.05, 4.69) is 42.9 Å². The Morgan fingerprint density at radius 2 is 1.59 bits per heavy atom. The largest absolute Gasteiger partial charge is 0.350 e. The summed E-state index contributed by atoms with van der Waals surface area (Å²) in [6.45, 7) is 8.21. The fourth-order valence-electron chi connectivity index (χ4n) is 3.05. The molecule has 0 aromatic heterocycles. The second-order valence-electron chi connectivity index (χ2n) is 6.93. The Hall–Kier alpha value is -2.18. The monoisotopic (exact) mass is 388 g/mol. The Kier molecular flexibility index (Phi) is 6.78. The molecule has 6 heteroatoms.